The number of carbonyl (C=O) groups is 1. The molecule has 4 heterocycles. The topological polar surface area (TPSA) is 99.2 Å². The Kier molecular flexibility index (Phi) is 4.86. The summed E-state index contributed by atoms with van der Waals surface area (Å²) in [4.78, 5) is 26.3. The maximum absolute atomic E-state index is 11.1. The molecule has 0 aromatic carbocycles. The Labute approximate surface area is 157 Å². The van der Waals surface area contributed by atoms with Crippen LogP contribution in [0.1, 0.15) is 12.8 Å². The van der Waals surface area contributed by atoms with E-state index in [9.17, 15) is 4.79 Å². The van der Waals surface area contributed by atoms with Gasteiger partial charge in [0.05, 0.1) is 19.0 Å². The van der Waals surface area contributed by atoms with Gasteiger partial charge in [-0.15, -0.1) is 0 Å². The summed E-state index contributed by atoms with van der Waals surface area (Å²) >= 11 is 0. The minimum Gasteiger partial charge on any atom is -0.492 e. The number of aromatic nitrogens is 4. The van der Waals surface area contributed by atoms with E-state index in [-0.39, 0.29) is 12.5 Å². The lowest BCUT2D eigenvalue weighted by Gasteiger charge is -2.32. The normalized spacial score (nSPS) is 15.2. The molecule has 0 aliphatic carbocycles. The van der Waals surface area contributed by atoms with Crippen LogP contribution in [0.3, 0.4) is 0 Å². The summed E-state index contributed by atoms with van der Waals surface area (Å²) < 4.78 is 7.71. The molecule has 0 radical (unpaired) electrons. The second kappa shape index (κ2) is 7.61. The summed E-state index contributed by atoms with van der Waals surface area (Å²) in [6.45, 7) is 2.71. The smallest absolute Gasteiger partial charge is 0.237 e. The molecule has 0 saturated carbocycles. The van der Waals surface area contributed by atoms with Gasteiger partial charge in [-0.05, 0) is 30.9 Å². The van der Waals surface area contributed by atoms with Gasteiger partial charge in [0.2, 0.25) is 5.91 Å². The van der Waals surface area contributed by atoms with E-state index < -0.39 is 0 Å². The zero-order valence-corrected chi connectivity index (χ0v) is 15.0. The highest BCUT2D eigenvalue weighted by Crippen LogP contribution is 2.24. The van der Waals surface area contributed by atoms with Crippen LogP contribution in [0.5, 0.6) is 5.75 Å². The molecule has 0 atom stereocenters. The van der Waals surface area contributed by atoms with Crippen LogP contribution in [0.25, 0.3) is 11.0 Å². The fraction of sp³-hybridized carbons (Fsp3) is 0.368. The summed E-state index contributed by atoms with van der Waals surface area (Å²) in [5.74, 6) is 1.80. The third-order valence-electron chi connectivity index (χ3n) is 4.88. The van der Waals surface area contributed by atoms with Crippen LogP contribution < -0.4 is 15.4 Å². The maximum Gasteiger partial charge on any atom is 0.237 e. The highest BCUT2D eigenvalue weighted by atomic mass is 16.5. The van der Waals surface area contributed by atoms with E-state index in [0.717, 1.165) is 48.5 Å². The van der Waals surface area contributed by atoms with Crippen molar-refractivity contribution in [2.45, 2.75) is 19.4 Å². The van der Waals surface area contributed by atoms with Gasteiger partial charge in [-0.25, -0.2) is 9.97 Å². The Hall–Kier alpha value is -3.16. The first-order valence-electron chi connectivity index (χ1n) is 9.06. The summed E-state index contributed by atoms with van der Waals surface area (Å²) in [7, 11) is 0. The zero-order chi connectivity index (χ0) is 18.6. The number of pyridine rings is 1. The molecule has 1 fully saturated rings. The summed E-state index contributed by atoms with van der Waals surface area (Å²) in [5.41, 5.74) is 5.99. The number of fused-ring (bicyclic) bond motifs is 1. The van der Waals surface area contributed by atoms with E-state index >= 15 is 0 Å². The van der Waals surface area contributed by atoms with E-state index in [1.807, 2.05) is 24.5 Å². The molecule has 0 bridgehead atoms. The number of nitrogens with zero attached hydrogens (tertiary/aromatic N) is 5. The van der Waals surface area contributed by atoms with Crippen LogP contribution >= 0.6 is 0 Å². The number of hydrogen-bond donors (Lipinski definition) is 1. The molecular weight excluding hydrogens is 344 g/mol. The van der Waals surface area contributed by atoms with Gasteiger partial charge in [-0.3, -0.25) is 9.78 Å². The number of rotatable bonds is 6. The Bertz CT molecular complexity index is 918. The van der Waals surface area contributed by atoms with Crippen molar-refractivity contribution >= 4 is 22.8 Å². The van der Waals surface area contributed by atoms with Crippen LogP contribution in [0.4, 0.5) is 5.82 Å². The van der Waals surface area contributed by atoms with Crippen molar-refractivity contribution in [1.29, 1.82) is 0 Å². The predicted octanol–water partition coefficient (Wildman–Crippen LogP) is 1.61. The van der Waals surface area contributed by atoms with Crippen LogP contribution in [0.15, 0.2) is 43.1 Å². The van der Waals surface area contributed by atoms with Crippen molar-refractivity contribution in [1.82, 2.24) is 19.5 Å². The summed E-state index contributed by atoms with van der Waals surface area (Å²) in [6.07, 6.45) is 10.9. The lowest BCUT2D eigenvalue weighted by atomic mass is 9.98. The summed E-state index contributed by atoms with van der Waals surface area (Å²) in [5, 5.41) is 0.936. The molecule has 0 unspecified atom stereocenters. The number of piperidine rings is 1. The molecule has 4 rings (SSSR count). The second-order valence-electron chi connectivity index (χ2n) is 6.80. The number of anilines is 1. The van der Waals surface area contributed by atoms with E-state index in [2.05, 4.69) is 19.9 Å². The number of primary amides is 1. The molecule has 8 nitrogen and oxygen atoms in total. The van der Waals surface area contributed by atoms with E-state index in [1.165, 1.54) is 0 Å². The van der Waals surface area contributed by atoms with E-state index in [1.54, 1.807) is 23.2 Å². The van der Waals surface area contributed by atoms with Gasteiger partial charge >= 0.3 is 0 Å². The second-order valence-corrected chi connectivity index (χ2v) is 6.80. The first kappa shape index (κ1) is 17.3. The van der Waals surface area contributed by atoms with Gasteiger partial charge < -0.3 is 19.9 Å². The number of carbonyl (C=O) groups excluding carboxylic acids is 1. The quantitative estimate of drug-likeness (QED) is 0.711. The van der Waals surface area contributed by atoms with Crippen LogP contribution in [0.2, 0.25) is 0 Å². The number of ether oxygens (including phenoxy) is 1. The highest BCUT2D eigenvalue weighted by molar-refractivity contribution is 5.80. The molecule has 1 amide bonds. The molecular formula is C19H22N6O2. The van der Waals surface area contributed by atoms with Gasteiger partial charge in [0, 0.05) is 37.1 Å². The Balaban J connectivity index is 1.32. The maximum atomic E-state index is 11.1. The van der Waals surface area contributed by atoms with Crippen molar-refractivity contribution in [3.8, 4) is 5.75 Å². The molecule has 27 heavy (non-hydrogen) atoms. The van der Waals surface area contributed by atoms with Gasteiger partial charge in [0.25, 0.3) is 0 Å². The van der Waals surface area contributed by atoms with Gasteiger partial charge in [0.1, 0.15) is 23.8 Å². The molecule has 1 saturated heterocycles. The van der Waals surface area contributed by atoms with E-state index in [0.29, 0.717) is 12.5 Å². The van der Waals surface area contributed by atoms with Crippen molar-refractivity contribution in [3.05, 3.63) is 43.1 Å². The monoisotopic (exact) mass is 366 g/mol. The van der Waals surface area contributed by atoms with Crippen LogP contribution in [-0.2, 0) is 11.3 Å². The third-order valence-corrected chi connectivity index (χ3v) is 4.88. The fourth-order valence-corrected chi connectivity index (χ4v) is 3.43. The third kappa shape index (κ3) is 3.99. The molecule has 8 heteroatoms. The molecule has 140 valence electrons. The first-order valence-corrected chi connectivity index (χ1v) is 9.06. The SMILES string of the molecule is NC(=O)Cn1ccc2cc(OCC3CCN(c4cnccn4)CC3)cnc21. The summed E-state index contributed by atoms with van der Waals surface area (Å²) in [6, 6.07) is 3.87. The minimum atomic E-state index is -0.387. The number of hydrogen-bond acceptors (Lipinski definition) is 6. The first-order chi connectivity index (χ1) is 13.2. The van der Waals surface area contributed by atoms with Crippen molar-refractivity contribution in [3.63, 3.8) is 0 Å². The number of nitrogens with two attached hydrogens (primary N) is 1. The molecule has 1 aliphatic heterocycles. The number of amides is 1. The van der Waals surface area contributed by atoms with E-state index in [4.69, 9.17) is 10.5 Å². The van der Waals surface area contributed by atoms with Gasteiger partial charge in [-0.2, -0.15) is 0 Å². The van der Waals surface area contributed by atoms with Crippen LogP contribution in [0, 0.1) is 5.92 Å². The lowest BCUT2D eigenvalue weighted by molar-refractivity contribution is -0.118. The Morgan fingerprint density at radius 1 is 1.22 bits per heavy atom. The molecule has 1 aliphatic rings. The molecule has 0 spiro atoms. The Morgan fingerprint density at radius 3 is 2.81 bits per heavy atom. The zero-order valence-electron chi connectivity index (χ0n) is 15.0. The van der Waals surface area contributed by atoms with Crippen molar-refractivity contribution < 1.29 is 9.53 Å². The van der Waals surface area contributed by atoms with Gasteiger partial charge in [-0.1, -0.05) is 0 Å². The fourth-order valence-electron chi connectivity index (χ4n) is 3.43. The highest BCUT2D eigenvalue weighted by Gasteiger charge is 2.21. The van der Waals surface area contributed by atoms with Crippen molar-refractivity contribution in [2.24, 2.45) is 11.7 Å². The largest absolute Gasteiger partial charge is 0.492 e. The Morgan fingerprint density at radius 2 is 2.07 bits per heavy atom. The predicted molar refractivity (Wildman–Crippen MR) is 101 cm³/mol. The molecule has 3 aromatic rings. The lowest BCUT2D eigenvalue weighted by Crippen LogP contribution is -2.36. The molecule has 3 aromatic heterocycles. The van der Waals surface area contributed by atoms with Crippen molar-refractivity contribution in [2.75, 3.05) is 24.6 Å². The average molecular weight is 366 g/mol. The van der Waals surface area contributed by atoms with Crippen LogP contribution in [-0.4, -0.2) is 45.1 Å². The average Bonchev–Trinajstić information content (AvgIpc) is 3.09. The molecule has 2 N–H and O–H groups in total. The van der Waals surface area contributed by atoms with Gasteiger partial charge in [0.15, 0.2) is 0 Å². The standard InChI is InChI=1S/C19H22N6O2/c20-17(26)12-25-8-3-15-9-16(10-23-19(15)25)27-13-14-1-6-24(7-2-14)18-11-21-4-5-22-18/h3-5,8-11,14H,1-2,6-7,12-13H2,(H2,20,26). The minimum absolute atomic E-state index is 0.126.